The first-order valence-corrected chi connectivity index (χ1v) is 5.83. The Labute approximate surface area is 110 Å². The summed E-state index contributed by atoms with van der Waals surface area (Å²) in [5.41, 5.74) is 8.02. The van der Waals surface area contributed by atoms with Crippen molar-refractivity contribution in [3.63, 3.8) is 0 Å². The number of hydrogen-bond acceptors (Lipinski definition) is 5. The van der Waals surface area contributed by atoms with Crippen LogP contribution in [0.1, 0.15) is 5.56 Å². The number of non-ortho nitro benzene ring substituents is 1. The van der Waals surface area contributed by atoms with Gasteiger partial charge < -0.3 is 11.1 Å². The van der Waals surface area contributed by atoms with Crippen molar-refractivity contribution in [2.24, 2.45) is 0 Å². The molecule has 0 aliphatic carbocycles. The predicted molar refractivity (Wildman–Crippen MR) is 73.9 cm³/mol. The minimum Gasteiger partial charge on any atom is -0.397 e. The number of aromatic nitrogens is 1. The summed E-state index contributed by atoms with van der Waals surface area (Å²) < 4.78 is 0. The molecule has 0 amide bonds. The first-order chi connectivity index (χ1) is 9.16. The molecule has 1 aromatic carbocycles. The molecule has 0 aliphatic rings. The van der Waals surface area contributed by atoms with E-state index in [0.29, 0.717) is 17.9 Å². The van der Waals surface area contributed by atoms with Crippen LogP contribution in [0.25, 0.3) is 0 Å². The number of rotatable bonds is 5. The highest BCUT2D eigenvalue weighted by atomic mass is 16.6. The zero-order chi connectivity index (χ0) is 13.7. The lowest BCUT2D eigenvalue weighted by Gasteiger charge is -2.08. The van der Waals surface area contributed by atoms with Crippen molar-refractivity contribution in [3.05, 3.63) is 58.4 Å². The number of pyridine rings is 1. The molecular formula is C13H14N4O2. The standard InChI is InChI=1S/C13H14N4O2/c14-12-9-11(17(18)19)1-2-13(12)16-8-5-10-3-6-15-7-4-10/h1-4,6-7,9,16H,5,8,14H2. The van der Waals surface area contributed by atoms with Gasteiger partial charge in [-0.15, -0.1) is 0 Å². The Morgan fingerprint density at radius 3 is 2.63 bits per heavy atom. The van der Waals surface area contributed by atoms with Crippen LogP contribution in [0.4, 0.5) is 17.1 Å². The van der Waals surface area contributed by atoms with Crippen LogP contribution >= 0.6 is 0 Å². The Kier molecular flexibility index (Phi) is 3.92. The highest BCUT2D eigenvalue weighted by Gasteiger charge is 2.08. The van der Waals surface area contributed by atoms with E-state index >= 15 is 0 Å². The van der Waals surface area contributed by atoms with Gasteiger partial charge in [-0.2, -0.15) is 0 Å². The summed E-state index contributed by atoms with van der Waals surface area (Å²) >= 11 is 0. The van der Waals surface area contributed by atoms with Crippen LogP contribution in [0.15, 0.2) is 42.7 Å². The number of benzene rings is 1. The molecule has 0 spiro atoms. The summed E-state index contributed by atoms with van der Waals surface area (Å²) in [6, 6.07) is 8.31. The molecular weight excluding hydrogens is 244 g/mol. The Balaban J connectivity index is 1.95. The predicted octanol–water partition coefficient (Wildman–Crippen LogP) is 2.23. The zero-order valence-corrected chi connectivity index (χ0v) is 10.2. The van der Waals surface area contributed by atoms with Gasteiger partial charge in [0.2, 0.25) is 0 Å². The van der Waals surface area contributed by atoms with E-state index in [4.69, 9.17) is 5.73 Å². The monoisotopic (exact) mass is 258 g/mol. The topological polar surface area (TPSA) is 94.1 Å². The summed E-state index contributed by atoms with van der Waals surface area (Å²) in [6.45, 7) is 0.700. The molecule has 0 aliphatic heterocycles. The maximum Gasteiger partial charge on any atom is 0.271 e. The molecule has 0 saturated heterocycles. The number of nitrogen functional groups attached to an aromatic ring is 1. The third-order valence-corrected chi connectivity index (χ3v) is 2.72. The van der Waals surface area contributed by atoms with E-state index in [-0.39, 0.29) is 5.69 Å². The summed E-state index contributed by atoms with van der Waals surface area (Å²) in [7, 11) is 0. The van der Waals surface area contributed by atoms with E-state index in [0.717, 1.165) is 6.42 Å². The average Bonchev–Trinajstić information content (AvgIpc) is 2.41. The van der Waals surface area contributed by atoms with Gasteiger partial charge >= 0.3 is 0 Å². The molecule has 0 atom stereocenters. The molecule has 6 heteroatoms. The Bertz CT molecular complexity index is 572. The Morgan fingerprint density at radius 1 is 1.26 bits per heavy atom. The number of nitro groups is 1. The van der Waals surface area contributed by atoms with Gasteiger partial charge in [0.15, 0.2) is 0 Å². The van der Waals surface area contributed by atoms with Crippen molar-refractivity contribution in [1.29, 1.82) is 0 Å². The third-order valence-electron chi connectivity index (χ3n) is 2.72. The molecule has 1 aromatic heterocycles. The second-order valence-corrected chi connectivity index (χ2v) is 4.06. The maximum absolute atomic E-state index is 10.6. The highest BCUT2D eigenvalue weighted by Crippen LogP contribution is 2.23. The van der Waals surface area contributed by atoms with Gasteiger partial charge in [-0.3, -0.25) is 15.1 Å². The van der Waals surface area contributed by atoms with Gasteiger partial charge in [-0.05, 0) is 30.2 Å². The fourth-order valence-electron chi connectivity index (χ4n) is 1.72. The number of anilines is 2. The van der Waals surface area contributed by atoms with Gasteiger partial charge in [-0.1, -0.05) is 0 Å². The lowest BCUT2D eigenvalue weighted by molar-refractivity contribution is -0.384. The van der Waals surface area contributed by atoms with Crippen molar-refractivity contribution >= 4 is 17.1 Å². The Hall–Kier alpha value is -2.63. The molecule has 2 rings (SSSR count). The second kappa shape index (κ2) is 5.81. The lowest BCUT2D eigenvalue weighted by atomic mass is 10.2. The van der Waals surface area contributed by atoms with Crippen LogP contribution < -0.4 is 11.1 Å². The smallest absolute Gasteiger partial charge is 0.271 e. The summed E-state index contributed by atoms with van der Waals surface area (Å²) in [4.78, 5) is 14.1. The molecule has 1 heterocycles. The summed E-state index contributed by atoms with van der Waals surface area (Å²) in [6.07, 6.45) is 4.32. The summed E-state index contributed by atoms with van der Waals surface area (Å²) in [5.74, 6) is 0. The molecule has 0 bridgehead atoms. The van der Waals surface area contributed by atoms with Crippen molar-refractivity contribution in [2.45, 2.75) is 6.42 Å². The molecule has 0 saturated carbocycles. The van der Waals surface area contributed by atoms with Crippen molar-refractivity contribution in [3.8, 4) is 0 Å². The fraction of sp³-hybridized carbons (Fsp3) is 0.154. The number of hydrogen-bond donors (Lipinski definition) is 2. The van der Waals surface area contributed by atoms with Crippen LogP contribution in [0.3, 0.4) is 0 Å². The van der Waals surface area contributed by atoms with E-state index in [1.165, 1.54) is 17.7 Å². The van der Waals surface area contributed by atoms with Gasteiger partial charge in [-0.25, -0.2) is 0 Å². The number of nitrogens with zero attached hydrogens (tertiary/aromatic N) is 2. The number of nitrogens with one attached hydrogen (secondary N) is 1. The molecule has 19 heavy (non-hydrogen) atoms. The van der Waals surface area contributed by atoms with Crippen LogP contribution in [-0.2, 0) is 6.42 Å². The van der Waals surface area contributed by atoms with Gasteiger partial charge in [0.05, 0.1) is 16.3 Å². The van der Waals surface area contributed by atoms with E-state index in [1.54, 1.807) is 18.5 Å². The Morgan fingerprint density at radius 2 is 2.00 bits per heavy atom. The van der Waals surface area contributed by atoms with Crippen LogP contribution in [0, 0.1) is 10.1 Å². The normalized spacial score (nSPS) is 10.1. The van der Waals surface area contributed by atoms with E-state index < -0.39 is 4.92 Å². The maximum atomic E-state index is 10.6. The molecule has 3 N–H and O–H groups in total. The first kappa shape index (κ1) is 12.8. The molecule has 6 nitrogen and oxygen atoms in total. The highest BCUT2D eigenvalue weighted by molar-refractivity contribution is 5.69. The number of nitrogens with two attached hydrogens (primary N) is 1. The molecule has 2 aromatic rings. The first-order valence-electron chi connectivity index (χ1n) is 5.83. The minimum atomic E-state index is -0.461. The molecule has 98 valence electrons. The molecule has 0 radical (unpaired) electrons. The largest absolute Gasteiger partial charge is 0.397 e. The van der Waals surface area contributed by atoms with Gasteiger partial charge in [0.25, 0.3) is 5.69 Å². The van der Waals surface area contributed by atoms with E-state index in [2.05, 4.69) is 10.3 Å². The quantitative estimate of drug-likeness (QED) is 0.487. The van der Waals surface area contributed by atoms with Gasteiger partial charge in [0.1, 0.15) is 0 Å². The van der Waals surface area contributed by atoms with Crippen molar-refractivity contribution in [2.75, 3.05) is 17.6 Å². The van der Waals surface area contributed by atoms with E-state index in [1.807, 2.05) is 12.1 Å². The fourth-order valence-corrected chi connectivity index (χ4v) is 1.72. The summed E-state index contributed by atoms with van der Waals surface area (Å²) in [5, 5.41) is 13.7. The third kappa shape index (κ3) is 3.41. The van der Waals surface area contributed by atoms with Crippen LogP contribution in [0.5, 0.6) is 0 Å². The van der Waals surface area contributed by atoms with Crippen LogP contribution in [0.2, 0.25) is 0 Å². The lowest BCUT2D eigenvalue weighted by Crippen LogP contribution is -2.07. The van der Waals surface area contributed by atoms with Crippen molar-refractivity contribution < 1.29 is 4.92 Å². The zero-order valence-electron chi connectivity index (χ0n) is 10.2. The molecule has 0 unspecified atom stereocenters. The second-order valence-electron chi connectivity index (χ2n) is 4.06. The molecule has 0 fully saturated rings. The minimum absolute atomic E-state index is 0.00261. The SMILES string of the molecule is Nc1cc([N+](=O)[O-])ccc1NCCc1ccncc1. The number of nitro benzene ring substituents is 1. The van der Waals surface area contributed by atoms with Crippen LogP contribution in [-0.4, -0.2) is 16.5 Å². The van der Waals surface area contributed by atoms with Crippen molar-refractivity contribution in [1.82, 2.24) is 4.98 Å². The average molecular weight is 258 g/mol. The van der Waals surface area contributed by atoms with Gasteiger partial charge in [0, 0.05) is 31.1 Å². The van der Waals surface area contributed by atoms with E-state index in [9.17, 15) is 10.1 Å².